The molecule has 0 fully saturated rings. The van der Waals surface area contributed by atoms with Crippen LogP contribution in [0.25, 0.3) is 0 Å². The smallest absolute Gasteiger partial charge is 0.0630 e. The monoisotopic (exact) mass is 132 g/mol. The van der Waals surface area contributed by atoms with Gasteiger partial charge in [-0.05, 0) is 12.1 Å². The second-order valence-electron chi connectivity index (χ2n) is 1.78. The fourth-order valence-corrected chi connectivity index (χ4v) is 0.637. The van der Waals surface area contributed by atoms with Crippen LogP contribution in [0.1, 0.15) is 0 Å². The minimum atomic E-state index is 0.881. The van der Waals surface area contributed by atoms with Crippen molar-refractivity contribution in [2.75, 3.05) is 0 Å². The van der Waals surface area contributed by atoms with E-state index in [-0.39, 0.29) is 0 Å². The van der Waals surface area contributed by atoms with Gasteiger partial charge in [0.15, 0.2) is 0 Å². The quantitative estimate of drug-likeness (QED) is 0.598. The maximum atomic E-state index is 6.68. The topological polar surface area (TPSA) is 36.2 Å². The van der Waals surface area contributed by atoms with E-state index in [2.05, 4.69) is 4.99 Å². The van der Waals surface area contributed by atoms with Gasteiger partial charge in [-0.2, -0.15) is 0 Å². The lowest BCUT2D eigenvalue weighted by Gasteiger charge is -1.86. The fourth-order valence-electron chi connectivity index (χ4n) is 0.637. The largest absolute Gasteiger partial charge is 0.307 e. The molecule has 1 rings (SSSR count). The average molecular weight is 132 g/mol. The first kappa shape index (κ1) is 6.68. The molecule has 0 atom stereocenters. The molecule has 0 aliphatic rings. The number of rotatable bonds is 2. The van der Waals surface area contributed by atoms with Crippen molar-refractivity contribution in [3.8, 4) is 0 Å². The predicted molar refractivity (Wildman–Crippen MR) is 43.4 cm³/mol. The summed E-state index contributed by atoms with van der Waals surface area (Å²) in [5.74, 6) is 0. The van der Waals surface area contributed by atoms with Gasteiger partial charge in [-0.1, -0.05) is 18.2 Å². The highest BCUT2D eigenvalue weighted by atomic mass is 14.7. The summed E-state index contributed by atoms with van der Waals surface area (Å²) in [6, 6.07) is 9.54. The summed E-state index contributed by atoms with van der Waals surface area (Å²) >= 11 is 0. The van der Waals surface area contributed by atoms with E-state index in [0.29, 0.717) is 0 Å². The second kappa shape index (κ2) is 3.56. The molecule has 0 bridgehead atoms. The Kier molecular flexibility index (Phi) is 2.38. The third-order valence-corrected chi connectivity index (χ3v) is 1.05. The first-order valence-corrected chi connectivity index (χ1v) is 3.01. The van der Waals surface area contributed by atoms with Crippen molar-refractivity contribution in [3.05, 3.63) is 30.3 Å². The summed E-state index contributed by atoms with van der Waals surface area (Å²) in [5.41, 5.74) is 0.881. The van der Waals surface area contributed by atoms with Gasteiger partial charge in [0, 0.05) is 12.4 Å². The molecule has 2 nitrogen and oxygen atoms in total. The molecule has 0 spiro atoms. The summed E-state index contributed by atoms with van der Waals surface area (Å²) in [4.78, 5) is 3.96. The highest BCUT2D eigenvalue weighted by Crippen LogP contribution is 2.07. The Labute approximate surface area is 59.7 Å². The molecule has 1 N–H and O–H groups in total. The van der Waals surface area contributed by atoms with Gasteiger partial charge >= 0.3 is 0 Å². The molecule has 0 heterocycles. The normalized spacial score (nSPS) is 10.0. The van der Waals surface area contributed by atoms with Crippen molar-refractivity contribution in [1.29, 1.82) is 5.41 Å². The third-order valence-electron chi connectivity index (χ3n) is 1.05. The van der Waals surface area contributed by atoms with Crippen LogP contribution in [0.2, 0.25) is 0 Å². The number of nitrogens with one attached hydrogen (secondary N) is 1. The number of nitrogens with zero attached hydrogens (tertiary/aromatic N) is 1. The minimum absolute atomic E-state index is 0.881. The van der Waals surface area contributed by atoms with Crippen LogP contribution in [0.3, 0.4) is 0 Å². The molecule has 10 heavy (non-hydrogen) atoms. The molecular formula is C8H8N2. The number of aliphatic imine (C=N–C) groups is 1. The SMILES string of the molecule is N=CC=Nc1ccccc1. The van der Waals surface area contributed by atoms with E-state index in [4.69, 9.17) is 5.41 Å². The Hall–Kier alpha value is -1.44. The van der Waals surface area contributed by atoms with E-state index in [1.54, 1.807) is 0 Å². The van der Waals surface area contributed by atoms with Gasteiger partial charge in [0.25, 0.3) is 0 Å². The van der Waals surface area contributed by atoms with Gasteiger partial charge in [-0.25, -0.2) is 0 Å². The van der Waals surface area contributed by atoms with Crippen LogP contribution >= 0.6 is 0 Å². The Morgan fingerprint density at radius 2 is 1.90 bits per heavy atom. The highest BCUT2D eigenvalue weighted by molar-refractivity contribution is 6.15. The summed E-state index contributed by atoms with van der Waals surface area (Å²) < 4.78 is 0. The second-order valence-corrected chi connectivity index (χ2v) is 1.78. The Morgan fingerprint density at radius 3 is 2.50 bits per heavy atom. The fraction of sp³-hybridized carbons (Fsp3) is 0. The summed E-state index contributed by atoms with van der Waals surface area (Å²) in [7, 11) is 0. The first-order chi connectivity index (χ1) is 4.93. The van der Waals surface area contributed by atoms with Crippen LogP contribution in [0.15, 0.2) is 35.3 Å². The van der Waals surface area contributed by atoms with E-state index in [1.165, 1.54) is 6.21 Å². The summed E-state index contributed by atoms with van der Waals surface area (Å²) in [6.07, 6.45) is 2.61. The zero-order valence-electron chi connectivity index (χ0n) is 5.49. The predicted octanol–water partition coefficient (Wildman–Crippen LogP) is 2.04. The molecule has 0 saturated carbocycles. The molecular weight excluding hydrogens is 124 g/mol. The van der Waals surface area contributed by atoms with Crippen molar-refractivity contribution in [2.45, 2.75) is 0 Å². The van der Waals surface area contributed by atoms with Crippen LogP contribution < -0.4 is 0 Å². The van der Waals surface area contributed by atoms with Gasteiger partial charge in [-0.15, -0.1) is 0 Å². The van der Waals surface area contributed by atoms with Crippen LogP contribution in [-0.2, 0) is 0 Å². The van der Waals surface area contributed by atoms with Gasteiger partial charge < -0.3 is 5.41 Å². The Balaban J connectivity index is 2.76. The van der Waals surface area contributed by atoms with Crippen molar-refractivity contribution in [3.63, 3.8) is 0 Å². The molecule has 1 aromatic rings. The van der Waals surface area contributed by atoms with E-state index >= 15 is 0 Å². The van der Waals surface area contributed by atoms with Crippen LogP contribution in [0.4, 0.5) is 5.69 Å². The molecule has 0 amide bonds. The van der Waals surface area contributed by atoms with E-state index in [0.717, 1.165) is 11.9 Å². The van der Waals surface area contributed by atoms with Crippen molar-refractivity contribution < 1.29 is 0 Å². The van der Waals surface area contributed by atoms with Gasteiger partial charge in [0.05, 0.1) is 5.69 Å². The van der Waals surface area contributed by atoms with Crippen LogP contribution in [-0.4, -0.2) is 12.4 Å². The molecule has 50 valence electrons. The standard InChI is InChI=1S/C8H8N2/c9-6-7-10-8-4-2-1-3-5-8/h1-7,9H. The lowest BCUT2D eigenvalue weighted by atomic mass is 10.3. The zero-order valence-corrected chi connectivity index (χ0v) is 5.49. The Morgan fingerprint density at radius 1 is 1.20 bits per heavy atom. The van der Waals surface area contributed by atoms with E-state index in [1.807, 2.05) is 30.3 Å². The maximum Gasteiger partial charge on any atom is 0.0630 e. The lowest BCUT2D eigenvalue weighted by Crippen LogP contribution is -1.69. The maximum absolute atomic E-state index is 6.68. The number of hydrogen-bond donors (Lipinski definition) is 1. The summed E-state index contributed by atoms with van der Waals surface area (Å²) in [5, 5.41) is 6.68. The zero-order chi connectivity index (χ0) is 7.23. The van der Waals surface area contributed by atoms with Crippen LogP contribution in [0, 0.1) is 5.41 Å². The van der Waals surface area contributed by atoms with Crippen molar-refractivity contribution >= 4 is 18.1 Å². The average Bonchev–Trinajstić information content (AvgIpc) is 2.03. The van der Waals surface area contributed by atoms with E-state index < -0.39 is 0 Å². The molecule has 0 radical (unpaired) electrons. The number of hydrogen-bond acceptors (Lipinski definition) is 2. The van der Waals surface area contributed by atoms with Crippen LogP contribution in [0.5, 0.6) is 0 Å². The van der Waals surface area contributed by atoms with Crippen molar-refractivity contribution in [1.82, 2.24) is 0 Å². The molecule has 0 saturated heterocycles. The molecule has 0 unspecified atom stereocenters. The molecule has 0 aromatic heterocycles. The number of para-hydroxylation sites is 1. The third kappa shape index (κ3) is 1.82. The molecule has 0 aliphatic heterocycles. The van der Waals surface area contributed by atoms with Crippen molar-refractivity contribution in [2.24, 2.45) is 4.99 Å². The summed E-state index contributed by atoms with van der Waals surface area (Å²) in [6.45, 7) is 0. The highest BCUT2D eigenvalue weighted by Gasteiger charge is 1.79. The first-order valence-electron chi connectivity index (χ1n) is 3.01. The number of benzene rings is 1. The molecule has 1 aromatic carbocycles. The van der Waals surface area contributed by atoms with Gasteiger partial charge in [0.1, 0.15) is 0 Å². The van der Waals surface area contributed by atoms with E-state index in [9.17, 15) is 0 Å². The van der Waals surface area contributed by atoms with Gasteiger partial charge in [0.2, 0.25) is 0 Å². The van der Waals surface area contributed by atoms with Gasteiger partial charge in [-0.3, -0.25) is 4.99 Å². The molecule has 0 aliphatic carbocycles. The lowest BCUT2D eigenvalue weighted by molar-refractivity contribution is 1.54. The Bertz CT molecular complexity index is 226. The molecule has 2 heteroatoms. The minimum Gasteiger partial charge on any atom is -0.307 e.